The Morgan fingerprint density at radius 2 is 1.97 bits per heavy atom. The van der Waals surface area contributed by atoms with Gasteiger partial charge in [-0.3, -0.25) is 14.5 Å². The lowest BCUT2D eigenvalue weighted by atomic mass is 9.83. The molecule has 10 heteroatoms. The summed E-state index contributed by atoms with van der Waals surface area (Å²) in [4.78, 5) is 46.3. The van der Waals surface area contributed by atoms with Crippen molar-refractivity contribution >= 4 is 17.9 Å². The van der Waals surface area contributed by atoms with Gasteiger partial charge in [-0.2, -0.15) is 0 Å². The lowest BCUT2D eigenvalue weighted by Gasteiger charge is -2.35. The molecule has 3 heterocycles. The van der Waals surface area contributed by atoms with Crippen LogP contribution >= 0.6 is 0 Å². The van der Waals surface area contributed by atoms with Gasteiger partial charge in [0.15, 0.2) is 0 Å². The monoisotopic (exact) mass is 544 g/mol. The van der Waals surface area contributed by atoms with Gasteiger partial charge in [0.1, 0.15) is 5.75 Å². The first kappa shape index (κ1) is 29.1. The number of fused-ring (bicyclic) bond motifs is 1. The fourth-order valence-corrected chi connectivity index (χ4v) is 6.30. The third-order valence-electron chi connectivity index (χ3n) is 8.45. The predicted molar refractivity (Wildman–Crippen MR) is 147 cm³/mol. The molecule has 3 atom stereocenters. The summed E-state index contributed by atoms with van der Waals surface area (Å²) in [6, 6.07) is 5.56. The molecule has 2 N–H and O–H groups in total. The zero-order valence-electron chi connectivity index (χ0n) is 23.4. The number of carboxylic acid groups (broad SMARTS) is 1. The number of nitrogens with zero attached hydrogens (tertiary/aromatic N) is 4. The zero-order chi connectivity index (χ0) is 27.9. The minimum atomic E-state index is -0.873. The molecule has 39 heavy (non-hydrogen) atoms. The van der Waals surface area contributed by atoms with Gasteiger partial charge in [-0.1, -0.05) is 25.5 Å². The normalized spacial score (nSPS) is 23.2. The molecular formula is C29H44N4O6. The van der Waals surface area contributed by atoms with Crippen LogP contribution in [0.2, 0.25) is 0 Å². The average molecular weight is 545 g/mol. The highest BCUT2D eigenvalue weighted by molar-refractivity contribution is 5.79. The van der Waals surface area contributed by atoms with E-state index in [0.29, 0.717) is 52.2 Å². The summed E-state index contributed by atoms with van der Waals surface area (Å²) in [5, 5.41) is 19.8. The van der Waals surface area contributed by atoms with Gasteiger partial charge < -0.3 is 29.6 Å². The van der Waals surface area contributed by atoms with Crippen LogP contribution in [0.15, 0.2) is 18.2 Å². The van der Waals surface area contributed by atoms with E-state index in [1.807, 2.05) is 17.0 Å². The highest BCUT2D eigenvalue weighted by atomic mass is 16.5. The number of unbranched alkanes of at least 4 members (excludes halogenated alkanes) is 1. The number of hydrogen-bond donors (Lipinski definition) is 2. The standard InChI is InChI=1S/C29H44N4O6/c1-3-4-12-31(14-6-16-34)26(35)20-33-19-23(21-7-8-25-22(18-21)10-17-39-25)27(28(36)37)24(33)9-15-32-13-5-11-30(2)29(32)38/h7-8,18,23-24,27,34H,3-6,9-17,19-20H2,1-2H3,(H,36,37)/t23-,24+,27?/m1/s1. The maximum Gasteiger partial charge on any atom is 0.319 e. The number of likely N-dealkylation sites (tertiary alicyclic amines) is 1. The van der Waals surface area contributed by atoms with Crippen molar-refractivity contribution in [2.75, 3.05) is 66.1 Å². The van der Waals surface area contributed by atoms with Gasteiger partial charge in [-0.25, -0.2) is 4.79 Å². The van der Waals surface area contributed by atoms with Crippen LogP contribution in [0, 0.1) is 5.92 Å². The SMILES string of the molecule is CCCCN(CCCO)C(=O)CN1C[C@H](c2ccc3c(c2)CCO3)C(C(=O)O)[C@@H]1CCN1CCCN(C)C1=O. The number of hydrogen-bond acceptors (Lipinski definition) is 6. The van der Waals surface area contributed by atoms with Crippen LogP contribution in [0.1, 0.15) is 56.1 Å². The van der Waals surface area contributed by atoms with Crippen molar-refractivity contribution in [1.29, 1.82) is 0 Å². The lowest BCUT2D eigenvalue weighted by molar-refractivity contribution is -0.144. The smallest absolute Gasteiger partial charge is 0.319 e. The fourth-order valence-electron chi connectivity index (χ4n) is 6.30. The number of amides is 3. The zero-order valence-corrected chi connectivity index (χ0v) is 23.4. The van der Waals surface area contributed by atoms with Crippen molar-refractivity contribution in [2.24, 2.45) is 5.92 Å². The molecule has 1 aromatic carbocycles. The van der Waals surface area contributed by atoms with Crippen LogP contribution in [0.5, 0.6) is 5.75 Å². The highest BCUT2D eigenvalue weighted by Crippen LogP contribution is 2.41. The first-order valence-electron chi connectivity index (χ1n) is 14.4. The van der Waals surface area contributed by atoms with Gasteiger partial charge in [0.2, 0.25) is 5.91 Å². The predicted octanol–water partition coefficient (Wildman–Crippen LogP) is 2.25. The number of ether oxygens (including phenoxy) is 1. The largest absolute Gasteiger partial charge is 0.493 e. The summed E-state index contributed by atoms with van der Waals surface area (Å²) >= 11 is 0. The number of benzene rings is 1. The molecule has 2 saturated heterocycles. The summed E-state index contributed by atoms with van der Waals surface area (Å²) in [6.07, 6.45) is 4.53. The summed E-state index contributed by atoms with van der Waals surface area (Å²) in [7, 11) is 1.79. The van der Waals surface area contributed by atoms with E-state index >= 15 is 0 Å². The molecule has 10 nitrogen and oxygen atoms in total. The molecule has 1 aromatic rings. The molecule has 0 aliphatic carbocycles. The van der Waals surface area contributed by atoms with E-state index in [-0.39, 0.29) is 37.0 Å². The maximum absolute atomic E-state index is 13.5. The molecule has 1 unspecified atom stereocenters. The number of urea groups is 1. The van der Waals surface area contributed by atoms with Gasteiger partial charge in [-0.15, -0.1) is 0 Å². The van der Waals surface area contributed by atoms with Crippen LogP contribution in [-0.4, -0.2) is 120 Å². The van der Waals surface area contributed by atoms with Crippen molar-refractivity contribution in [1.82, 2.24) is 19.6 Å². The van der Waals surface area contributed by atoms with E-state index < -0.39 is 11.9 Å². The topological polar surface area (TPSA) is 114 Å². The first-order valence-corrected chi connectivity index (χ1v) is 14.4. The Kier molecular flexibility index (Phi) is 10.1. The van der Waals surface area contributed by atoms with Crippen LogP contribution in [-0.2, 0) is 16.0 Å². The number of rotatable bonds is 13. The highest BCUT2D eigenvalue weighted by Gasteiger charge is 2.47. The van der Waals surface area contributed by atoms with Crippen molar-refractivity contribution in [2.45, 2.75) is 57.4 Å². The van der Waals surface area contributed by atoms with Gasteiger partial charge in [0.05, 0.1) is 19.1 Å². The molecule has 0 saturated carbocycles. The number of carbonyl (C=O) groups excluding carboxylic acids is 2. The lowest BCUT2D eigenvalue weighted by Crippen LogP contribution is -2.50. The first-order chi connectivity index (χ1) is 18.8. The van der Waals surface area contributed by atoms with E-state index in [0.717, 1.165) is 49.1 Å². The second-order valence-electron chi connectivity index (χ2n) is 11.1. The van der Waals surface area contributed by atoms with Crippen LogP contribution in [0.4, 0.5) is 4.79 Å². The Hall–Kier alpha value is -2.85. The fraction of sp³-hybridized carbons (Fsp3) is 0.690. The van der Waals surface area contributed by atoms with Crippen molar-refractivity contribution < 1.29 is 29.3 Å². The third-order valence-corrected chi connectivity index (χ3v) is 8.45. The van der Waals surface area contributed by atoms with Crippen molar-refractivity contribution in [3.05, 3.63) is 29.3 Å². The molecular weight excluding hydrogens is 500 g/mol. The molecule has 3 aliphatic rings. The number of carboxylic acids is 1. The summed E-state index contributed by atoms with van der Waals surface area (Å²) in [6.45, 7) is 6.27. The molecule has 216 valence electrons. The number of aliphatic hydroxyl groups is 1. The summed E-state index contributed by atoms with van der Waals surface area (Å²) in [5.41, 5.74) is 2.06. The number of carbonyl (C=O) groups is 3. The minimum Gasteiger partial charge on any atom is -0.493 e. The molecule has 0 aromatic heterocycles. The Morgan fingerprint density at radius 1 is 1.18 bits per heavy atom. The molecule has 3 amide bonds. The second kappa shape index (κ2) is 13.5. The van der Waals surface area contributed by atoms with E-state index in [1.54, 1.807) is 21.7 Å². The quantitative estimate of drug-likeness (QED) is 0.392. The van der Waals surface area contributed by atoms with Gasteiger partial charge in [-0.05, 0) is 42.9 Å². The Labute approximate surface area is 231 Å². The number of aliphatic carboxylic acids is 1. The Balaban J connectivity index is 1.58. The summed E-state index contributed by atoms with van der Waals surface area (Å²) in [5.74, 6) is -1.02. The van der Waals surface area contributed by atoms with Crippen LogP contribution in [0.3, 0.4) is 0 Å². The van der Waals surface area contributed by atoms with Crippen LogP contribution in [0.25, 0.3) is 0 Å². The molecule has 0 spiro atoms. The van der Waals surface area contributed by atoms with Gasteiger partial charge >= 0.3 is 12.0 Å². The Morgan fingerprint density at radius 3 is 2.72 bits per heavy atom. The van der Waals surface area contributed by atoms with Crippen molar-refractivity contribution in [3.8, 4) is 5.75 Å². The average Bonchev–Trinajstić information content (AvgIpc) is 3.53. The molecule has 0 radical (unpaired) electrons. The molecule has 0 bridgehead atoms. The van der Waals surface area contributed by atoms with Crippen molar-refractivity contribution in [3.63, 3.8) is 0 Å². The third kappa shape index (κ3) is 6.84. The second-order valence-corrected chi connectivity index (χ2v) is 11.1. The molecule has 3 aliphatic heterocycles. The molecule has 4 rings (SSSR count). The summed E-state index contributed by atoms with van der Waals surface area (Å²) < 4.78 is 5.66. The van der Waals surface area contributed by atoms with Gasteiger partial charge in [0, 0.05) is 71.3 Å². The Bertz CT molecular complexity index is 1010. The van der Waals surface area contributed by atoms with Gasteiger partial charge in [0.25, 0.3) is 0 Å². The molecule has 2 fully saturated rings. The van der Waals surface area contributed by atoms with Crippen LogP contribution < -0.4 is 4.74 Å². The van der Waals surface area contributed by atoms with E-state index in [1.165, 1.54) is 0 Å². The minimum absolute atomic E-state index is 0.0196. The van der Waals surface area contributed by atoms with E-state index in [9.17, 15) is 24.6 Å². The number of aliphatic hydroxyl groups excluding tert-OH is 1. The van der Waals surface area contributed by atoms with E-state index in [4.69, 9.17) is 4.74 Å². The van der Waals surface area contributed by atoms with E-state index in [2.05, 4.69) is 13.0 Å². The maximum atomic E-state index is 13.5.